The molecule has 25 heavy (non-hydrogen) atoms. The predicted molar refractivity (Wildman–Crippen MR) is 90.5 cm³/mol. The standard InChI is InChI=1S/C16H25N5O4/c1-10(2)7-13(15(23)24)19-12-3-5-21(6-4-12)16-17-8-11(9-18-16)14(22)20-25/h8-10,12-13,19,25H,3-7H2,1-2H3,(H,20,22)(H,23,24). The van der Waals surface area contributed by atoms with Crippen molar-refractivity contribution in [1.82, 2.24) is 20.8 Å². The third-order valence-corrected chi connectivity index (χ3v) is 4.22. The van der Waals surface area contributed by atoms with E-state index in [1.54, 1.807) is 0 Å². The van der Waals surface area contributed by atoms with E-state index in [1.807, 2.05) is 18.7 Å². The Morgan fingerprint density at radius 1 is 1.28 bits per heavy atom. The molecule has 1 saturated heterocycles. The zero-order chi connectivity index (χ0) is 18.4. The maximum Gasteiger partial charge on any atom is 0.320 e. The van der Waals surface area contributed by atoms with Gasteiger partial charge in [-0.2, -0.15) is 0 Å². The van der Waals surface area contributed by atoms with Crippen LogP contribution in [0, 0.1) is 5.92 Å². The Balaban J connectivity index is 1.88. The molecular formula is C16H25N5O4. The molecule has 1 aromatic heterocycles. The number of carbonyl (C=O) groups excluding carboxylic acids is 1. The fourth-order valence-corrected chi connectivity index (χ4v) is 2.91. The number of carbonyl (C=O) groups is 2. The van der Waals surface area contributed by atoms with Gasteiger partial charge in [0.25, 0.3) is 5.91 Å². The maximum atomic E-state index is 11.4. The molecule has 1 aliphatic heterocycles. The first-order chi connectivity index (χ1) is 11.9. The Bertz CT molecular complexity index is 585. The zero-order valence-corrected chi connectivity index (χ0v) is 14.5. The van der Waals surface area contributed by atoms with Crippen LogP contribution in [0.4, 0.5) is 5.95 Å². The Kier molecular flexibility index (Phi) is 6.65. The summed E-state index contributed by atoms with van der Waals surface area (Å²) in [5, 5.41) is 21.2. The number of aliphatic carboxylic acids is 1. The van der Waals surface area contributed by atoms with Gasteiger partial charge in [0.2, 0.25) is 5.95 Å². The first kappa shape index (κ1) is 19.1. The molecule has 1 amide bonds. The van der Waals surface area contributed by atoms with Crippen LogP contribution in [0.3, 0.4) is 0 Å². The highest BCUT2D eigenvalue weighted by molar-refractivity contribution is 5.92. The molecule has 1 aliphatic rings. The fraction of sp³-hybridized carbons (Fsp3) is 0.625. The molecule has 9 nitrogen and oxygen atoms in total. The van der Waals surface area contributed by atoms with E-state index in [2.05, 4.69) is 15.3 Å². The van der Waals surface area contributed by atoms with Crippen molar-refractivity contribution in [2.24, 2.45) is 5.92 Å². The Morgan fingerprint density at radius 2 is 1.88 bits per heavy atom. The number of nitrogens with one attached hydrogen (secondary N) is 2. The molecule has 0 saturated carbocycles. The van der Waals surface area contributed by atoms with Crippen molar-refractivity contribution in [2.45, 2.75) is 45.2 Å². The van der Waals surface area contributed by atoms with Gasteiger partial charge in [-0.15, -0.1) is 0 Å². The van der Waals surface area contributed by atoms with Crippen LogP contribution in [-0.2, 0) is 4.79 Å². The first-order valence-corrected chi connectivity index (χ1v) is 8.41. The van der Waals surface area contributed by atoms with E-state index >= 15 is 0 Å². The van der Waals surface area contributed by atoms with E-state index in [4.69, 9.17) is 5.21 Å². The second-order valence-electron chi connectivity index (χ2n) is 6.66. The van der Waals surface area contributed by atoms with Crippen LogP contribution in [0.2, 0.25) is 0 Å². The molecule has 4 N–H and O–H groups in total. The van der Waals surface area contributed by atoms with Gasteiger partial charge in [0.05, 0.1) is 5.56 Å². The molecule has 1 aromatic rings. The minimum atomic E-state index is -0.808. The highest BCUT2D eigenvalue weighted by atomic mass is 16.5. The molecule has 1 unspecified atom stereocenters. The normalized spacial score (nSPS) is 16.7. The van der Waals surface area contributed by atoms with Gasteiger partial charge < -0.3 is 15.3 Å². The van der Waals surface area contributed by atoms with Crippen molar-refractivity contribution in [1.29, 1.82) is 0 Å². The maximum absolute atomic E-state index is 11.4. The van der Waals surface area contributed by atoms with Crippen molar-refractivity contribution >= 4 is 17.8 Å². The van der Waals surface area contributed by atoms with Crippen LogP contribution in [0.15, 0.2) is 12.4 Å². The summed E-state index contributed by atoms with van der Waals surface area (Å²) in [5.41, 5.74) is 1.72. The van der Waals surface area contributed by atoms with Crippen LogP contribution in [0.25, 0.3) is 0 Å². The second kappa shape index (κ2) is 8.72. The van der Waals surface area contributed by atoms with E-state index in [9.17, 15) is 14.7 Å². The van der Waals surface area contributed by atoms with E-state index < -0.39 is 17.9 Å². The van der Waals surface area contributed by atoms with Crippen molar-refractivity contribution in [3.05, 3.63) is 18.0 Å². The summed E-state index contributed by atoms with van der Waals surface area (Å²) in [5.74, 6) is -0.627. The Labute approximate surface area is 146 Å². The van der Waals surface area contributed by atoms with Crippen molar-refractivity contribution in [3.63, 3.8) is 0 Å². The number of hydroxylamine groups is 1. The van der Waals surface area contributed by atoms with Crippen LogP contribution in [0.1, 0.15) is 43.5 Å². The van der Waals surface area contributed by atoms with Crippen molar-refractivity contribution in [3.8, 4) is 0 Å². The fourth-order valence-electron chi connectivity index (χ4n) is 2.91. The molecule has 0 aliphatic carbocycles. The second-order valence-corrected chi connectivity index (χ2v) is 6.66. The lowest BCUT2D eigenvalue weighted by molar-refractivity contribution is -0.140. The summed E-state index contributed by atoms with van der Waals surface area (Å²) in [6, 6.07) is -0.375. The van der Waals surface area contributed by atoms with Gasteiger partial charge in [0, 0.05) is 31.5 Å². The number of carboxylic acid groups (broad SMARTS) is 1. The lowest BCUT2D eigenvalue weighted by Crippen LogP contribution is -2.49. The molecule has 9 heteroatoms. The summed E-state index contributed by atoms with van der Waals surface area (Å²) < 4.78 is 0. The number of piperidine rings is 1. The van der Waals surface area contributed by atoms with Gasteiger partial charge in [-0.3, -0.25) is 14.8 Å². The highest BCUT2D eigenvalue weighted by Gasteiger charge is 2.26. The molecule has 0 bridgehead atoms. The molecule has 1 fully saturated rings. The van der Waals surface area contributed by atoms with Gasteiger partial charge >= 0.3 is 5.97 Å². The number of hydrogen-bond donors (Lipinski definition) is 4. The number of aromatic nitrogens is 2. The molecule has 0 aromatic carbocycles. The lowest BCUT2D eigenvalue weighted by atomic mass is 9.99. The number of hydrogen-bond acceptors (Lipinski definition) is 7. The largest absolute Gasteiger partial charge is 0.480 e. The molecule has 2 rings (SSSR count). The minimum Gasteiger partial charge on any atom is -0.480 e. The van der Waals surface area contributed by atoms with Gasteiger partial charge in [-0.25, -0.2) is 15.4 Å². The molecule has 2 heterocycles. The number of rotatable bonds is 7. The minimum absolute atomic E-state index is 0.149. The van der Waals surface area contributed by atoms with Gasteiger partial charge in [0.15, 0.2) is 0 Å². The predicted octanol–water partition coefficient (Wildman–Crippen LogP) is 0.653. The van der Waals surface area contributed by atoms with Gasteiger partial charge in [-0.05, 0) is 25.2 Å². The average molecular weight is 351 g/mol. The Morgan fingerprint density at radius 3 is 2.36 bits per heavy atom. The number of amides is 1. The van der Waals surface area contributed by atoms with Crippen LogP contribution in [0.5, 0.6) is 0 Å². The van der Waals surface area contributed by atoms with Crippen LogP contribution < -0.4 is 15.7 Å². The van der Waals surface area contributed by atoms with E-state index in [1.165, 1.54) is 17.9 Å². The van der Waals surface area contributed by atoms with E-state index in [0.29, 0.717) is 31.4 Å². The van der Waals surface area contributed by atoms with Gasteiger partial charge in [0.1, 0.15) is 6.04 Å². The monoisotopic (exact) mass is 351 g/mol. The third-order valence-electron chi connectivity index (χ3n) is 4.22. The van der Waals surface area contributed by atoms with Crippen LogP contribution >= 0.6 is 0 Å². The van der Waals surface area contributed by atoms with Crippen molar-refractivity contribution in [2.75, 3.05) is 18.0 Å². The van der Waals surface area contributed by atoms with E-state index in [0.717, 1.165) is 12.8 Å². The number of anilines is 1. The summed E-state index contributed by atoms with van der Waals surface area (Å²) in [4.78, 5) is 32.9. The zero-order valence-electron chi connectivity index (χ0n) is 14.5. The molecular weight excluding hydrogens is 326 g/mol. The topological polar surface area (TPSA) is 128 Å². The molecule has 0 radical (unpaired) electrons. The lowest BCUT2D eigenvalue weighted by Gasteiger charge is -2.34. The summed E-state index contributed by atoms with van der Waals surface area (Å²) in [7, 11) is 0. The number of nitrogens with zero attached hydrogens (tertiary/aromatic N) is 3. The molecule has 138 valence electrons. The van der Waals surface area contributed by atoms with Crippen LogP contribution in [-0.4, -0.2) is 57.3 Å². The van der Waals surface area contributed by atoms with Crippen molar-refractivity contribution < 1.29 is 19.9 Å². The van der Waals surface area contributed by atoms with Gasteiger partial charge in [-0.1, -0.05) is 13.8 Å². The summed E-state index contributed by atoms with van der Waals surface area (Å²) in [6.07, 6.45) is 4.92. The summed E-state index contributed by atoms with van der Waals surface area (Å²) in [6.45, 7) is 5.44. The number of carboxylic acids is 1. The first-order valence-electron chi connectivity index (χ1n) is 8.41. The summed E-state index contributed by atoms with van der Waals surface area (Å²) >= 11 is 0. The quantitative estimate of drug-likeness (QED) is 0.416. The third kappa shape index (κ3) is 5.36. The SMILES string of the molecule is CC(C)CC(NC1CCN(c2ncc(C(=O)NO)cn2)CC1)C(=O)O. The highest BCUT2D eigenvalue weighted by Crippen LogP contribution is 2.17. The molecule has 1 atom stereocenters. The van der Waals surface area contributed by atoms with E-state index in [-0.39, 0.29) is 11.6 Å². The smallest absolute Gasteiger partial charge is 0.320 e. The molecule has 0 spiro atoms. The average Bonchev–Trinajstić information content (AvgIpc) is 2.61. The Hall–Kier alpha value is -2.26.